The number of benzene rings is 1. The van der Waals surface area contributed by atoms with Crippen molar-refractivity contribution in [3.8, 4) is 0 Å². The molecule has 0 saturated heterocycles. The minimum atomic E-state index is -0.688. The fourth-order valence-electron chi connectivity index (χ4n) is 1.06. The Balaban J connectivity index is 2.86. The molecule has 0 aliphatic heterocycles. The monoisotopic (exact) mass is 234 g/mol. The third-order valence-corrected chi connectivity index (χ3v) is 1.83. The van der Waals surface area contributed by atoms with E-state index in [1.807, 2.05) is 6.07 Å². The van der Waals surface area contributed by atoms with Crippen LogP contribution in [0, 0.1) is 0 Å². The van der Waals surface area contributed by atoms with Crippen molar-refractivity contribution in [3.05, 3.63) is 41.8 Å². The predicted molar refractivity (Wildman–Crippen MR) is 62.9 cm³/mol. The molecule has 1 rings (SSSR count). The number of ether oxygens (including phenoxy) is 1. The van der Waals surface area contributed by atoms with E-state index < -0.39 is 5.97 Å². The lowest BCUT2D eigenvalue weighted by Crippen LogP contribution is -2.07. The van der Waals surface area contributed by atoms with Gasteiger partial charge in [0, 0.05) is 0 Å². The SMILES string of the molecule is CCOC(=O)C(N=Nc1ccccc1)=C(C)O. The number of hydrogen-bond acceptors (Lipinski definition) is 5. The first-order valence-electron chi connectivity index (χ1n) is 5.19. The highest BCUT2D eigenvalue weighted by Crippen LogP contribution is 2.14. The van der Waals surface area contributed by atoms with Gasteiger partial charge < -0.3 is 9.84 Å². The Kier molecular flexibility index (Phi) is 4.87. The van der Waals surface area contributed by atoms with Crippen molar-refractivity contribution in [1.82, 2.24) is 0 Å². The van der Waals surface area contributed by atoms with E-state index in [9.17, 15) is 9.90 Å². The highest BCUT2D eigenvalue weighted by molar-refractivity contribution is 5.88. The van der Waals surface area contributed by atoms with Crippen LogP contribution in [0.2, 0.25) is 0 Å². The smallest absolute Gasteiger partial charge is 0.362 e. The first-order chi connectivity index (χ1) is 8.15. The van der Waals surface area contributed by atoms with Gasteiger partial charge >= 0.3 is 5.97 Å². The van der Waals surface area contributed by atoms with Gasteiger partial charge in [-0.25, -0.2) is 4.79 Å². The molecule has 0 spiro atoms. The van der Waals surface area contributed by atoms with Crippen molar-refractivity contribution in [2.45, 2.75) is 13.8 Å². The molecule has 1 N–H and O–H groups in total. The lowest BCUT2D eigenvalue weighted by molar-refractivity contribution is -0.138. The highest BCUT2D eigenvalue weighted by atomic mass is 16.5. The molecule has 0 atom stereocenters. The summed E-state index contributed by atoms with van der Waals surface area (Å²) in [4.78, 5) is 11.4. The molecule has 5 nitrogen and oxygen atoms in total. The number of aliphatic hydroxyl groups excluding tert-OH is 1. The minimum Gasteiger partial charge on any atom is -0.510 e. The average Bonchev–Trinajstić information content (AvgIpc) is 2.30. The lowest BCUT2D eigenvalue weighted by atomic mass is 10.3. The maximum atomic E-state index is 11.4. The molecule has 0 unspecified atom stereocenters. The molecule has 0 bridgehead atoms. The number of esters is 1. The van der Waals surface area contributed by atoms with Crippen LogP contribution in [0.3, 0.4) is 0 Å². The predicted octanol–water partition coefficient (Wildman–Crippen LogP) is 3.12. The molecule has 0 fully saturated rings. The van der Waals surface area contributed by atoms with Crippen LogP contribution in [0.4, 0.5) is 5.69 Å². The van der Waals surface area contributed by atoms with Gasteiger partial charge in [-0.2, -0.15) is 5.11 Å². The van der Waals surface area contributed by atoms with Crippen LogP contribution in [0.15, 0.2) is 52.0 Å². The summed E-state index contributed by atoms with van der Waals surface area (Å²) in [5, 5.41) is 16.8. The molecule has 17 heavy (non-hydrogen) atoms. The highest BCUT2D eigenvalue weighted by Gasteiger charge is 2.13. The van der Waals surface area contributed by atoms with E-state index in [4.69, 9.17) is 4.74 Å². The Labute approximate surface area is 99.4 Å². The van der Waals surface area contributed by atoms with E-state index in [1.54, 1.807) is 31.2 Å². The average molecular weight is 234 g/mol. The van der Waals surface area contributed by atoms with Crippen LogP contribution in [0.5, 0.6) is 0 Å². The van der Waals surface area contributed by atoms with Gasteiger partial charge in [0.2, 0.25) is 5.70 Å². The maximum Gasteiger partial charge on any atom is 0.362 e. The zero-order valence-corrected chi connectivity index (χ0v) is 9.75. The Morgan fingerprint density at radius 2 is 2.00 bits per heavy atom. The maximum absolute atomic E-state index is 11.4. The molecule has 0 aliphatic carbocycles. The molecule has 0 aromatic heterocycles. The third-order valence-electron chi connectivity index (χ3n) is 1.83. The zero-order valence-electron chi connectivity index (χ0n) is 9.75. The molecule has 0 aliphatic rings. The normalized spacial score (nSPS) is 12.4. The van der Waals surface area contributed by atoms with Crippen LogP contribution in [-0.2, 0) is 9.53 Å². The van der Waals surface area contributed by atoms with Crippen molar-refractivity contribution in [1.29, 1.82) is 0 Å². The van der Waals surface area contributed by atoms with Crippen molar-refractivity contribution >= 4 is 11.7 Å². The van der Waals surface area contributed by atoms with E-state index in [-0.39, 0.29) is 18.1 Å². The number of hydrogen-bond donors (Lipinski definition) is 1. The van der Waals surface area contributed by atoms with Gasteiger partial charge in [-0.3, -0.25) is 0 Å². The van der Waals surface area contributed by atoms with Gasteiger partial charge in [0.1, 0.15) is 5.76 Å². The summed E-state index contributed by atoms with van der Waals surface area (Å²) in [6.45, 7) is 3.25. The van der Waals surface area contributed by atoms with Gasteiger partial charge in [0.25, 0.3) is 0 Å². The Morgan fingerprint density at radius 3 is 2.53 bits per heavy atom. The summed E-state index contributed by atoms with van der Waals surface area (Å²) in [6, 6.07) is 8.91. The molecular formula is C12H14N2O3. The van der Waals surface area contributed by atoms with Crippen molar-refractivity contribution < 1.29 is 14.6 Å². The van der Waals surface area contributed by atoms with Gasteiger partial charge in [-0.15, -0.1) is 5.11 Å². The summed E-state index contributed by atoms with van der Waals surface area (Å²) < 4.78 is 4.74. The summed E-state index contributed by atoms with van der Waals surface area (Å²) in [7, 11) is 0. The summed E-state index contributed by atoms with van der Waals surface area (Å²) in [5.41, 5.74) is 0.409. The topological polar surface area (TPSA) is 71.2 Å². The van der Waals surface area contributed by atoms with Crippen molar-refractivity contribution in [3.63, 3.8) is 0 Å². The number of carbonyl (C=O) groups is 1. The van der Waals surface area contributed by atoms with Gasteiger partial charge in [-0.1, -0.05) is 18.2 Å². The number of allylic oxidation sites excluding steroid dienone is 1. The van der Waals surface area contributed by atoms with Gasteiger partial charge in [0.05, 0.1) is 12.3 Å². The molecular weight excluding hydrogens is 220 g/mol. The zero-order chi connectivity index (χ0) is 12.7. The van der Waals surface area contributed by atoms with E-state index >= 15 is 0 Å². The lowest BCUT2D eigenvalue weighted by Gasteiger charge is -2.01. The number of aliphatic hydroxyl groups is 1. The summed E-state index contributed by atoms with van der Waals surface area (Å²) >= 11 is 0. The third kappa shape index (κ3) is 4.06. The number of rotatable bonds is 4. The Hall–Kier alpha value is -2.17. The first kappa shape index (κ1) is 12.9. The molecule has 1 aromatic rings. The summed E-state index contributed by atoms with van der Waals surface area (Å²) in [6.07, 6.45) is 0. The van der Waals surface area contributed by atoms with Crippen LogP contribution < -0.4 is 0 Å². The molecule has 90 valence electrons. The summed E-state index contributed by atoms with van der Waals surface area (Å²) in [5.74, 6) is -0.907. The molecule has 1 aromatic carbocycles. The largest absolute Gasteiger partial charge is 0.510 e. The number of azo groups is 1. The van der Waals surface area contributed by atoms with Gasteiger partial charge in [-0.05, 0) is 26.0 Å². The second-order valence-electron chi connectivity index (χ2n) is 3.19. The van der Waals surface area contributed by atoms with E-state index in [0.29, 0.717) is 5.69 Å². The quantitative estimate of drug-likeness (QED) is 0.376. The second-order valence-corrected chi connectivity index (χ2v) is 3.19. The minimum absolute atomic E-state index is 0.185. The standard InChI is InChI=1S/C12H14N2O3/c1-3-17-12(16)11(9(2)15)14-13-10-7-5-4-6-8-10/h4-8,15H,3H2,1-2H3. The molecule has 0 saturated carbocycles. The van der Waals surface area contributed by atoms with E-state index in [0.717, 1.165) is 0 Å². The number of nitrogens with zero attached hydrogens (tertiary/aromatic N) is 2. The Morgan fingerprint density at radius 1 is 1.35 bits per heavy atom. The second kappa shape index (κ2) is 6.42. The molecule has 5 heteroatoms. The molecule has 0 radical (unpaired) electrons. The van der Waals surface area contributed by atoms with Gasteiger partial charge in [0.15, 0.2) is 0 Å². The molecule has 0 amide bonds. The van der Waals surface area contributed by atoms with Crippen LogP contribution in [0.1, 0.15) is 13.8 Å². The first-order valence-corrected chi connectivity index (χ1v) is 5.19. The van der Waals surface area contributed by atoms with Crippen LogP contribution in [-0.4, -0.2) is 17.7 Å². The fourth-order valence-corrected chi connectivity index (χ4v) is 1.06. The van der Waals surface area contributed by atoms with Crippen molar-refractivity contribution in [2.75, 3.05) is 6.61 Å². The fraction of sp³-hybridized carbons (Fsp3) is 0.250. The van der Waals surface area contributed by atoms with Crippen LogP contribution in [0.25, 0.3) is 0 Å². The Bertz CT molecular complexity index is 434. The van der Waals surface area contributed by atoms with E-state index in [2.05, 4.69) is 10.2 Å². The number of carbonyl (C=O) groups excluding carboxylic acids is 1. The van der Waals surface area contributed by atoms with E-state index in [1.165, 1.54) is 6.92 Å². The van der Waals surface area contributed by atoms with Crippen molar-refractivity contribution in [2.24, 2.45) is 10.2 Å². The molecule has 0 heterocycles. The van der Waals surface area contributed by atoms with Crippen LogP contribution >= 0.6 is 0 Å².